The third kappa shape index (κ3) is 8.32. The summed E-state index contributed by atoms with van der Waals surface area (Å²) in [5.74, 6) is -0.142. The predicted octanol–water partition coefficient (Wildman–Crippen LogP) is 2.08. The van der Waals surface area contributed by atoms with Crippen LogP contribution in [0.4, 0.5) is 0 Å². The number of nitrogens with two attached hydrogens (primary N) is 1. The SMILES string of the molecule is COCCOCCN(Cc1ccccc1)C(=O)C(C)C(C)N.Cl. The second-order valence-electron chi connectivity index (χ2n) is 5.50. The molecule has 1 rings (SSSR count). The molecule has 2 unspecified atom stereocenters. The van der Waals surface area contributed by atoms with Crippen molar-refractivity contribution < 1.29 is 14.3 Å². The molecule has 1 aromatic rings. The molecule has 0 fully saturated rings. The fraction of sp³-hybridized carbons (Fsp3) is 0.588. The van der Waals surface area contributed by atoms with Crippen molar-refractivity contribution in [1.82, 2.24) is 4.90 Å². The fourth-order valence-corrected chi connectivity index (χ4v) is 2.00. The summed E-state index contributed by atoms with van der Waals surface area (Å²) in [4.78, 5) is 14.4. The van der Waals surface area contributed by atoms with E-state index in [0.717, 1.165) is 5.56 Å². The van der Waals surface area contributed by atoms with Crippen LogP contribution in [0.25, 0.3) is 0 Å². The van der Waals surface area contributed by atoms with Gasteiger partial charge < -0.3 is 20.1 Å². The second-order valence-corrected chi connectivity index (χ2v) is 5.50. The van der Waals surface area contributed by atoms with Gasteiger partial charge in [-0.3, -0.25) is 4.79 Å². The van der Waals surface area contributed by atoms with Crippen molar-refractivity contribution in [2.45, 2.75) is 26.4 Å². The van der Waals surface area contributed by atoms with E-state index in [0.29, 0.717) is 32.9 Å². The van der Waals surface area contributed by atoms with Crippen molar-refractivity contribution in [3.63, 3.8) is 0 Å². The summed E-state index contributed by atoms with van der Waals surface area (Å²) in [7, 11) is 1.64. The minimum atomic E-state index is -0.206. The zero-order valence-electron chi connectivity index (χ0n) is 14.2. The van der Waals surface area contributed by atoms with Gasteiger partial charge >= 0.3 is 0 Å². The molecule has 132 valence electrons. The van der Waals surface area contributed by atoms with Crippen molar-refractivity contribution in [1.29, 1.82) is 0 Å². The van der Waals surface area contributed by atoms with Crippen molar-refractivity contribution in [3.05, 3.63) is 35.9 Å². The highest BCUT2D eigenvalue weighted by Gasteiger charge is 2.23. The van der Waals surface area contributed by atoms with E-state index < -0.39 is 0 Å². The normalized spacial score (nSPS) is 13.0. The Labute approximate surface area is 145 Å². The lowest BCUT2D eigenvalue weighted by atomic mass is 10.0. The molecule has 0 aliphatic heterocycles. The molecule has 0 bridgehead atoms. The van der Waals surface area contributed by atoms with Gasteiger partial charge in [-0.05, 0) is 12.5 Å². The number of amides is 1. The molecule has 5 nitrogen and oxygen atoms in total. The average molecular weight is 345 g/mol. The molecule has 2 atom stereocenters. The Morgan fingerprint density at radius 3 is 2.39 bits per heavy atom. The summed E-state index contributed by atoms with van der Waals surface area (Å²) >= 11 is 0. The minimum absolute atomic E-state index is 0. The summed E-state index contributed by atoms with van der Waals surface area (Å²) < 4.78 is 10.4. The van der Waals surface area contributed by atoms with E-state index in [1.807, 2.05) is 49.1 Å². The standard InChI is InChI=1S/C17H28N2O3.ClH/c1-14(15(2)18)17(20)19(9-10-22-12-11-21-3)13-16-7-5-4-6-8-16;/h4-8,14-15H,9-13,18H2,1-3H3;1H. The van der Waals surface area contributed by atoms with E-state index in [4.69, 9.17) is 15.2 Å². The average Bonchev–Trinajstić information content (AvgIpc) is 2.53. The molecule has 1 aromatic carbocycles. The Morgan fingerprint density at radius 2 is 1.83 bits per heavy atom. The minimum Gasteiger partial charge on any atom is -0.382 e. The zero-order valence-corrected chi connectivity index (χ0v) is 15.1. The monoisotopic (exact) mass is 344 g/mol. The molecule has 0 aliphatic carbocycles. The molecule has 0 spiro atoms. The second kappa shape index (κ2) is 12.3. The summed E-state index contributed by atoms with van der Waals surface area (Å²) in [6.45, 7) is 6.44. The first-order valence-electron chi connectivity index (χ1n) is 7.71. The van der Waals surface area contributed by atoms with Crippen LogP contribution in [0, 0.1) is 5.92 Å². The van der Waals surface area contributed by atoms with E-state index in [1.54, 1.807) is 7.11 Å². The smallest absolute Gasteiger partial charge is 0.227 e. The van der Waals surface area contributed by atoms with Crippen LogP contribution in [-0.4, -0.2) is 50.3 Å². The number of ether oxygens (including phenoxy) is 2. The third-order valence-electron chi connectivity index (χ3n) is 3.64. The molecule has 0 saturated carbocycles. The van der Waals surface area contributed by atoms with Gasteiger partial charge in [0.15, 0.2) is 0 Å². The van der Waals surface area contributed by atoms with Crippen molar-refractivity contribution in [2.24, 2.45) is 11.7 Å². The zero-order chi connectivity index (χ0) is 16.4. The molecule has 23 heavy (non-hydrogen) atoms. The highest BCUT2D eigenvalue weighted by Crippen LogP contribution is 2.11. The Hall–Kier alpha value is -1.14. The molecule has 1 amide bonds. The van der Waals surface area contributed by atoms with Gasteiger partial charge in [-0.2, -0.15) is 0 Å². The van der Waals surface area contributed by atoms with E-state index in [9.17, 15) is 4.79 Å². The van der Waals surface area contributed by atoms with Crippen molar-refractivity contribution >= 4 is 18.3 Å². The number of halogens is 1. The number of nitrogens with zero attached hydrogens (tertiary/aromatic N) is 1. The van der Waals surface area contributed by atoms with Crippen LogP contribution in [0.5, 0.6) is 0 Å². The van der Waals surface area contributed by atoms with Crippen LogP contribution in [0.15, 0.2) is 30.3 Å². The third-order valence-corrected chi connectivity index (χ3v) is 3.64. The molecule has 2 N–H and O–H groups in total. The Morgan fingerprint density at radius 1 is 1.17 bits per heavy atom. The number of carbonyl (C=O) groups excluding carboxylic acids is 1. The number of carbonyl (C=O) groups is 1. The van der Waals surface area contributed by atoms with Gasteiger partial charge in [0.05, 0.1) is 25.7 Å². The van der Waals surface area contributed by atoms with Gasteiger partial charge in [0.25, 0.3) is 0 Å². The maximum Gasteiger partial charge on any atom is 0.227 e. The largest absolute Gasteiger partial charge is 0.382 e. The van der Waals surface area contributed by atoms with E-state index in [1.165, 1.54) is 0 Å². The molecular weight excluding hydrogens is 316 g/mol. The summed E-state index contributed by atoms with van der Waals surface area (Å²) in [5.41, 5.74) is 6.97. The number of hydrogen-bond acceptors (Lipinski definition) is 4. The molecule has 6 heteroatoms. The van der Waals surface area contributed by atoms with Gasteiger partial charge in [0.2, 0.25) is 5.91 Å². The maximum atomic E-state index is 12.6. The molecule has 0 aliphatic rings. The van der Waals surface area contributed by atoms with Gasteiger partial charge in [-0.1, -0.05) is 37.3 Å². The topological polar surface area (TPSA) is 64.8 Å². The quantitative estimate of drug-likeness (QED) is 0.660. The van der Waals surface area contributed by atoms with Gasteiger partial charge in [-0.15, -0.1) is 12.4 Å². The lowest BCUT2D eigenvalue weighted by Crippen LogP contribution is -2.42. The van der Waals surface area contributed by atoms with Crippen LogP contribution in [0.2, 0.25) is 0 Å². The fourth-order valence-electron chi connectivity index (χ4n) is 2.00. The number of rotatable bonds is 10. The first kappa shape index (κ1) is 21.9. The Balaban J connectivity index is 0.00000484. The Kier molecular flexibility index (Phi) is 11.7. The van der Waals surface area contributed by atoms with Crippen molar-refractivity contribution in [3.8, 4) is 0 Å². The maximum absolute atomic E-state index is 12.6. The molecule has 0 radical (unpaired) electrons. The van der Waals surface area contributed by atoms with Crippen molar-refractivity contribution in [2.75, 3.05) is 33.5 Å². The van der Waals surface area contributed by atoms with Crippen LogP contribution in [0.1, 0.15) is 19.4 Å². The van der Waals surface area contributed by atoms with Gasteiger partial charge in [0.1, 0.15) is 0 Å². The van der Waals surface area contributed by atoms with Crippen LogP contribution in [-0.2, 0) is 20.8 Å². The van der Waals surface area contributed by atoms with Crippen LogP contribution >= 0.6 is 12.4 Å². The first-order valence-corrected chi connectivity index (χ1v) is 7.71. The number of hydrogen-bond donors (Lipinski definition) is 1. The lowest BCUT2D eigenvalue weighted by molar-refractivity contribution is -0.137. The van der Waals surface area contributed by atoms with E-state index in [-0.39, 0.29) is 30.3 Å². The summed E-state index contributed by atoms with van der Waals surface area (Å²) in [5, 5.41) is 0. The van der Waals surface area contributed by atoms with Crippen LogP contribution in [0.3, 0.4) is 0 Å². The molecular formula is C17H29ClN2O3. The molecule has 0 saturated heterocycles. The summed E-state index contributed by atoms with van der Waals surface area (Å²) in [6, 6.07) is 9.78. The number of methoxy groups -OCH3 is 1. The van der Waals surface area contributed by atoms with E-state index in [2.05, 4.69) is 0 Å². The Bertz CT molecular complexity index is 429. The summed E-state index contributed by atoms with van der Waals surface area (Å²) in [6.07, 6.45) is 0. The van der Waals surface area contributed by atoms with Gasteiger partial charge in [-0.25, -0.2) is 0 Å². The molecule has 0 heterocycles. The predicted molar refractivity (Wildman–Crippen MR) is 94.6 cm³/mol. The molecule has 0 aromatic heterocycles. The highest BCUT2D eigenvalue weighted by molar-refractivity contribution is 5.85. The van der Waals surface area contributed by atoms with Crippen LogP contribution < -0.4 is 5.73 Å². The van der Waals surface area contributed by atoms with Gasteiger partial charge in [0, 0.05) is 26.2 Å². The highest BCUT2D eigenvalue weighted by atomic mass is 35.5. The first-order chi connectivity index (χ1) is 10.6. The number of benzene rings is 1. The lowest BCUT2D eigenvalue weighted by Gasteiger charge is -2.27. The van der Waals surface area contributed by atoms with E-state index >= 15 is 0 Å².